The number of rotatable bonds is 3. The molecular weight excluding hydrogens is 396 g/mol. The lowest BCUT2D eigenvalue weighted by Crippen LogP contribution is -2.49. The van der Waals surface area contributed by atoms with Crippen LogP contribution in [0.15, 0.2) is 46.9 Å². The first kappa shape index (κ1) is 17.8. The SMILES string of the molecule is Cc1cc(N(NC(=O)c2cccc([N+](=O)[O-])c2)C(N)=S)ccc1Br. The molecule has 0 fully saturated rings. The fraction of sp³-hybridized carbons (Fsp3) is 0.0667. The number of nitro groups is 1. The van der Waals surface area contributed by atoms with Crippen molar-refractivity contribution in [3.8, 4) is 0 Å². The predicted molar refractivity (Wildman–Crippen MR) is 98.7 cm³/mol. The van der Waals surface area contributed by atoms with Crippen molar-refractivity contribution in [2.24, 2.45) is 5.73 Å². The highest BCUT2D eigenvalue weighted by Gasteiger charge is 2.17. The molecule has 0 saturated heterocycles. The van der Waals surface area contributed by atoms with Gasteiger partial charge in [0.25, 0.3) is 11.6 Å². The highest BCUT2D eigenvalue weighted by atomic mass is 79.9. The molecule has 0 saturated carbocycles. The fourth-order valence-electron chi connectivity index (χ4n) is 1.94. The van der Waals surface area contributed by atoms with E-state index in [9.17, 15) is 14.9 Å². The summed E-state index contributed by atoms with van der Waals surface area (Å²) in [5.74, 6) is -0.563. The van der Waals surface area contributed by atoms with E-state index in [1.54, 1.807) is 18.2 Å². The summed E-state index contributed by atoms with van der Waals surface area (Å²) < 4.78 is 0.902. The van der Waals surface area contributed by atoms with Crippen LogP contribution in [-0.4, -0.2) is 15.9 Å². The van der Waals surface area contributed by atoms with Crippen LogP contribution in [0.1, 0.15) is 15.9 Å². The number of hydrazine groups is 1. The number of thiocarbonyl (C=S) groups is 1. The first-order valence-electron chi connectivity index (χ1n) is 6.70. The minimum absolute atomic E-state index is 0.0597. The van der Waals surface area contributed by atoms with Crippen molar-refractivity contribution in [2.75, 3.05) is 5.01 Å². The van der Waals surface area contributed by atoms with Gasteiger partial charge in [-0.3, -0.25) is 20.3 Å². The van der Waals surface area contributed by atoms with Gasteiger partial charge < -0.3 is 5.73 Å². The van der Waals surface area contributed by atoms with Gasteiger partial charge in [0.2, 0.25) is 0 Å². The van der Waals surface area contributed by atoms with Crippen LogP contribution in [0.25, 0.3) is 0 Å². The van der Waals surface area contributed by atoms with Crippen molar-refractivity contribution in [1.82, 2.24) is 5.43 Å². The van der Waals surface area contributed by atoms with Gasteiger partial charge in [-0.15, -0.1) is 0 Å². The number of carbonyl (C=O) groups is 1. The summed E-state index contributed by atoms with van der Waals surface area (Å²) in [5.41, 5.74) is 9.68. The smallest absolute Gasteiger partial charge is 0.270 e. The minimum Gasteiger partial charge on any atom is -0.374 e. The quantitative estimate of drug-likeness (QED) is 0.459. The number of anilines is 1. The molecule has 0 aliphatic heterocycles. The molecule has 0 aliphatic rings. The first-order chi connectivity index (χ1) is 11.3. The largest absolute Gasteiger partial charge is 0.374 e. The molecule has 24 heavy (non-hydrogen) atoms. The number of halogens is 1. The average Bonchev–Trinajstić information content (AvgIpc) is 2.55. The molecule has 0 bridgehead atoms. The molecule has 0 radical (unpaired) electrons. The van der Waals surface area contributed by atoms with Crippen molar-refractivity contribution in [2.45, 2.75) is 6.92 Å². The van der Waals surface area contributed by atoms with E-state index in [1.807, 2.05) is 6.92 Å². The van der Waals surface area contributed by atoms with Gasteiger partial charge in [0.15, 0.2) is 5.11 Å². The van der Waals surface area contributed by atoms with Gasteiger partial charge in [0, 0.05) is 22.2 Å². The fourth-order valence-corrected chi connectivity index (χ4v) is 2.34. The number of non-ortho nitro benzene ring substituents is 1. The third-order valence-electron chi connectivity index (χ3n) is 3.15. The molecule has 1 amide bonds. The molecule has 2 rings (SSSR count). The number of aryl methyl sites for hydroxylation is 1. The zero-order valence-corrected chi connectivity index (χ0v) is 14.9. The maximum atomic E-state index is 12.4. The molecule has 0 heterocycles. The van der Waals surface area contributed by atoms with Crippen LogP contribution in [0.5, 0.6) is 0 Å². The van der Waals surface area contributed by atoms with E-state index < -0.39 is 10.8 Å². The van der Waals surface area contributed by atoms with Gasteiger partial charge in [0.05, 0.1) is 10.6 Å². The monoisotopic (exact) mass is 408 g/mol. The Morgan fingerprint density at radius 1 is 1.33 bits per heavy atom. The number of hydrogen-bond acceptors (Lipinski definition) is 4. The minimum atomic E-state index is -0.569. The van der Waals surface area contributed by atoms with Crippen molar-refractivity contribution >= 4 is 50.5 Å². The Morgan fingerprint density at radius 2 is 2.04 bits per heavy atom. The van der Waals surface area contributed by atoms with E-state index in [-0.39, 0.29) is 16.4 Å². The second kappa shape index (κ2) is 7.37. The molecule has 0 atom stereocenters. The summed E-state index contributed by atoms with van der Waals surface area (Å²) in [6.45, 7) is 1.88. The van der Waals surface area contributed by atoms with Crippen LogP contribution in [0.4, 0.5) is 11.4 Å². The van der Waals surface area contributed by atoms with Crippen molar-refractivity contribution in [3.05, 3.63) is 68.2 Å². The number of nitrogens with two attached hydrogens (primary N) is 1. The lowest BCUT2D eigenvalue weighted by Gasteiger charge is -2.24. The lowest BCUT2D eigenvalue weighted by molar-refractivity contribution is -0.384. The van der Waals surface area contributed by atoms with Gasteiger partial charge in [-0.25, -0.2) is 5.01 Å². The maximum Gasteiger partial charge on any atom is 0.270 e. The Bertz CT molecular complexity index is 828. The zero-order valence-electron chi connectivity index (χ0n) is 12.5. The molecular formula is C15H13BrN4O3S. The van der Waals surface area contributed by atoms with Crippen LogP contribution in [-0.2, 0) is 0 Å². The van der Waals surface area contributed by atoms with E-state index in [0.717, 1.165) is 10.0 Å². The van der Waals surface area contributed by atoms with Gasteiger partial charge in [0.1, 0.15) is 0 Å². The second-order valence-corrected chi connectivity index (χ2v) is 6.13. The summed E-state index contributed by atoms with van der Waals surface area (Å²) in [4.78, 5) is 22.6. The Morgan fingerprint density at radius 3 is 2.62 bits per heavy atom. The Kier molecular flexibility index (Phi) is 5.47. The molecule has 9 heteroatoms. The number of nitrogens with one attached hydrogen (secondary N) is 1. The number of nitrogens with zero attached hydrogens (tertiary/aromatic N) is 2. The lowest BCUT2D eigenvalue weighted by atomic mass is 10.2. The Labute approximate surface area is 151 Å². The van der Waals surface area contributed by atoms with Crippen LogP contribution < -0.4 is 16.2 Å². The zero-order chi connectivity index (χ0) is 17.9. The van der Waals surface area contributed by atoms with Crippen molar-refractivity contribution in [1.29, 1.82) is 0 Å². The van der Waals surface area contributed by atoms with E-state index in [4.69, 9.17) is 18.0 Å². The molecule has 2 aromatic carbocycles. The molecule has 0 unspecified atom stereocenters. The highest BCUT2D eigenvalue weighted by Crippen LogP contribution is 2.22. The van der Waals surface area contributed by atoms with E-state index >= 15 is 0 Å². The second-order valence-electron chi connectivity index (χ2n) is 4.86. The van der Waals surface area contributed by atoms with E-state index in [0.29, 0.717) is 5.69 Å². The average molecular weight is 409 g/mol. The summed E-state index contributed by atoms with van der Waals surface area (Å²) in [6.07, 6.45) is 0. The van der Waals surface area contributed by atoms with Crippen LogP contribution in [0.2, 0.25) is 0 Å². The normalized spacial score (nSPS) is 10.1. The number of benzene rings is 2. The topological polar surface area (TPSA) is 102 Å². The Balaban J connectivity index is 2.29. The summed E-state index contributed by atoms with van der Waals surface area (Å²) in [7, 11) is 0. The standard InChI is InChI=1S/C15H13BrN4O3S/c1-9-7-11(5-6-13(9)16)19(15(17)24)18-14(21)10-3-2-4-12(8-10)20(22)23/h2-8H,1H3,(H2,17,24)(H,18,21). The molecule has 2 aromatic rings. The van der Waals surface area contributed by atoms with E-state index in [1.165, 1.54) is 29.3 Å². The molecule has 0 aliphatic carbocycles. The van der Waals surface area contributed by atoms with Gasteiger partial charge >= 0.3 is 0 Å². The van der Waals surface area contributed by atoms with Crippen LogP contribution >= 0.6 is 28.1 Å². The molecule has 124 valence electrons. The number of carbonyl (C=O) groups excluding carboxylic acids is 1. The summed E-state index contributed by atoms with van der Waals surface area (Å²) >= 11 is 8.37. The Hall–Kier alpha value is -2.52. The van der Waals surface area contributed by atoms with E-state index in [2.05, 4.69) is 21.4 Å². The number of amides is 1. The number of hydrogen-bond donors (Lipinski definition) is 2. The molecule has 7 nitrogen and oxygen atoms in total. The summed E-state index contributed by atoms with van der Waals surface area (Å²) in [6, 6.07) is 10.7. The highest BCUT2D eigenvalue weighted by molar-refractivity contribution is 9.10. The first-order valence-corrected chi connectivity index (χ1v) is 7.91. The van der Waals surface area contributed by atoms with Gasteiger partial charge in [-0.1, -0.05) is 22.0 Å². The number of nitro benzene ring substituents is 1. The predicted octanol–water partition coefficient (Wildman–Crippen LogP) is 3.06. The summed E-state index contributed by atoms with van der Waals surface area (Å²) in [5, 5.41) is 12.0. The van der Waals surface area contributed by atoms with Crippen molar-refractivity contribution in [3.63, 3.8) is 0 Å². The third kappa shape index (κ3) is 4.06. The van der Waals surface area contributed by atoms with Crippen LogP contribution in [0.3, 0.4) is 0 Å². The van der Waals surface area contributed by atoms with Crippen molar-refractivity contribution < 1.29 is 9.72 Å². The molecule has 3 N–H and O–H groups in total. The van der Waals surface area contributed by atoms with Gasteiger partial charge in [-0.05, 0) is 49.0 Å². The molecule has 0 aromatic heterocycles. The van der Waals surface area contributed by atoms with Crippen LogP contribution in [0, 0.1) is 17.0 Å². The maximum absolute atomic E-state index is 12.4. The third-order valence-corrected chi connectivity index (χ3v) is 4.22. The van der Waals surface area contributed by atoms with Gasteiger partial charge in [-0.2, -0.15) is 0 Å². The molecule has 0 spiro atoms.